The predicted octanol–water partition coefficient (Wildman–Crippen LogP) is 5.33. The van der Waals surface area contributed by atoms with Gasteiger partial charge in [0.1, 0.15) is 10.7 Å². The zero-order valence-electron chi connectivity index (χ0n) is 20.0. The Balaban J connectivity index is 1.46. The second kappa shape index (κ2) is 11.5. The third-order valence-corrected chi connectivity index (χ3v) is 5.87. The van der Waals surface area contributed by atoms with Crippen molar-refractivity contribution in [1.29, 1.82) is 0 Å². The van der Waals surface area contributed by atoms with Crippen LogP contribution in [0.3, 0.4) is 0 Å². The molecule has 2 N–H and O–H groups in total. The van der Waals surface area contributed by atoms with E-state index < -0.39 is 23.7 Å². The van der Waals surface area contributed by atoms with Crippen LogP contribution in [0.15, 0.2) is 89.6 Å². The number of esters is 1. The Bertz CT molecular complexity index is 1390. The van der Waals surface area contributed by atoms with Gasteiger partial charge in [-0.05, 0) is 55.0 Å². The highest BCUT2D eigenvalue weighted by Crippen LogP contribution is 2.30. The summed E-state index contributed by atoms with van der Waals surface area (Å²) < 4.78 is 5.22. The summed E-state index contributed by atoms with van der Waals surface area (Å²) in [5.74, 6) is -2.12. The molecule has 9 heteroatoms. The summed E-state index contributed by atoms with van der Waals surface area (Å²) in [7, 11) is 0. The van der Waals surface area contributed by atoms with E-state index in [4.69, 9.17) is 16.3 Å². The lowest BCUT2D eigenvalue weighted by atomic mass is 10.1. The molecule has 1 aliphatic heterocycles. The van der Waals surface area contributed by atoms with Crippen molar-refractivity contribution in [2.75, 3.05) is 22.1 Å². The van der Waals surface area contributed by atoms with E-state index in [9.17, 15) is 19.2 Å². The highest BCUT2D eigenvalue weighted by atomic mass is 35.5. The quantitative estimate of drug-likeness (QED) is 0.226. The molecule has 0 atom stereocenters. The SMILES string of the molecule is CCCCOC(=O)c1cccc(NC(=O)c2cccc(NC3=C(Cl)C(=O)N(c4ccccc4)C3=O)c2)c1. The van der Waals surface area contributed by atoms with Crippen molar-refractivity contribution in [1.82, 2.24) is 0 Å². The van der Waals surface area contributed by atoms with Gasteiger partial charge in [-0.25, -0.2) is 9.69 Å². The molecule has 37 heavy (non-hydrogen) atoms. The van der Waals surface area contributed by atoms with E-state index in [1.165, 1.54) is 6.07 Å². The van der Waals surface area contributed by atoms with E-state index in [2.05, 4.69) is 10.6 Å². The average Bonchev–Trinajstić information content (AvgIpc) is 3.12. The molecule has 0 aliphatic carbocycles. The largest absolute Gasteiger partial charge is 0.462 e. The smallest absolute Gasteiger partial charge is 0.338 e. The van der Waals surface area contributed by atoms with Crippen LogP contribution in [0.1, 0.15) is 40.5 Å². The summed E-state index contributed by atoms with van der Waals surface area (Å²) in [4.78, 5) is 51.7. The number of amides is 3. The van der Waals surface area contributed by atoms with Crippen molar-refractivity contribution < 1.29 is 23.9 Å². The molecule has 0 unspecified atom stereocenters. The Labute approximate surface area is 218 Å². The van der Waals surface area contributed by atoms with E-state index in [1.807, 2.05) is 6.92 Å². The monoisotopic (exact) mass is 517 g/mol. The van der Waals surface area contributed by atoms with Crippen molar-refractivity contribution >= 4 is 52.4 Å². The number of nitrogens with one attached hydrogen (secondary N) is 2. The van der Waals surface area contributed by atoms with Crippen LogP contribution in [-0.4, -0.2) is 30.3 Å². The van der Waals surface area contributed by atoms with Gasteiger partial charge in [0.25, 0.3) is 17.7 Å². The van der Waals surface area contributed by atoms with Gasteiger partial charge in [0.05, 0.1) is 17.9 Å². The Kier molecular flexibility index (Phi) is 8.00. The van der Waals surface area contributed by atoms with Crippen LogP contribution in [0, 0.1) is 0 Å². The summed E-state index contributed by atoms with van der Waals surface area (Å²) in [5.41, 5.74) is 1.76. The second-order valence-electron chi connectivity index (χ2n) is 8.20. The third-order valence-electron chi connectivity index (χ3n) is 5.52. The lowest BCUT2D eigenvalue weighted by molar-refractivity contribution is -0.120. The van der Waals surface area contributed by atoms with Gasteiger partial charge in [-0.3, -0.25) is 14.4 Å². The number of para-hydroxylation sites is 1. The second-order valence-corrected chi connectivity index (χ2v) is 8.58. The van der Waals surface area contributed by atoms with Crippen LogP contribution in [0.5, 0.6) is 0 Å². The van der Waals surface area contributed by atoms with Gasteiger partial charge in [-0.2, -0.15) is 0 Å². The molecule has 188 valence electrons. The predicted molar refractivity (Wildman–Crippen MR) is 141 cm³/mol. The Morgan fingerprint density at radius 2 is 1.54 bits per heavy atom. The van der Waals surface area contributed by atoms with Crippen LogP contribution in [0.25, 0.3) is 0 Å². The Morgan fingerprint density at radius 1 is 0.865 bits per heavy atom. The van der Waals surface area contributed by atoms with Gasteiger partial charge < -0.3 is 15.4 Å². The molecular formula is C28H24ClN3O5. The van der Waals surface area contributed by atoms with E-state index >= 15 is 0 Å². The molecule has 0 saturated heterocycles. The zero-order valence-corrected chi connectivity index (χ0v) is 20.7. The first-order valence-electron chi connectivity index (χ1n) is 11.7. The molecular weight excluding hydrogens is 494 g/mol. The number of imide groups is 1. The van der Waals surface area contributed by atoms with Crippen LogP contribution in [0.2, 0.25) is 0 Å². The van der Waals surface area contributed by atoms with Gasteiger partial charge >= 0.3 is 5.97 Å². The lowest BCUT2D eigenvalue weighted by Gasteiger charge is -2.15. The molecule has 4 rings (SSSR count). The highest BCUT2D eigenvalue weighted by Gasteiger charge is 2.38. The van der Waals surface area contributed by atoms with Crippen molar-refractivity contribution in [3.63, 3.8) is 0 Å². The fraction of sp³-hybridized carbons (Fsp3) is 0.143. The summed E-state index contributed by atoms with van der Waals surface area (Å²) in [6, 6.07) is 21.3. The maximum Gasteiger partial charge on any atom is 0.338 e. The number of unbranched alkanes of at least 4 members (excludes halogenated alkanes) is 1. The van der Waals surface area contributed by atoms with Crippen molar-refractivity contribution in [2.24, 2.45) is 0 Å². The summed E-state index contributed by atoms with van der Waals surface area (Å²) in [5, 5.41) is 5.38. The Hall–Kier alpha value is -4.43. The number of carbonyl (C=O) groups excluding carboxylic acids is 4. The number of hydrogen-bond acceptors (Lipinski definition) is 6. The van der Waals surface area contributed by atoms with Gasteiger partial charge in [-0.1, -0.05) is 55.3 Å². The van der Waals surface area contributed by atoms with Crippen molar-refractivity contribution in [3.05, 3.63) is 101 Å². The van der Waals surface area contributed by atoms with E-state index in [1.54, 1.807) is 72.8 Å². The first kappa shape index (κ1) is 25.7. The minimum atomic E-state index is -0.637. The topological polar surface area (TPSA) is 105 Å². The van der Waals surface area contributed by atoms with E-state index in [0.29, 0.717) is 29.2 Å². The molecule has 1 heterocycles. The fourth-order valence-corrected chi connectivity index (χ4v) is 3.84. The molecule has 0 saturated carbocycles. The first-order chi connectivity index (χ1) is 17.9. The Morgan fingerprint density at radius 3 is 2.27 bits per heavy atom. The zero-order chi connectivity index (χ0) is 26.4. The van der Waals surface area contributed by atoms with Crippen LogP contribution >= 0.6 is 11.6 Å². The van der Waals surface area contributed by atoms with Gasteiger partial charge in [0.15, 0.2) is 0 Å². The maximum atomic E-state index is 12.9. The number of benzene rings is 3. The number of rotatable bonds is 9. The molecule has 1 aliphatic rings. The molecule has 0 spiro atoms. The average molecular weight is 518 g/mol. The maximum absolute atomic E-state index is 12.9. The highest BCUT2D eigenvalue weighted by molar-refractivity contribution is 6.53. The number of nitrogens with zero attached hydrogens (tertiary/aromatic N) is 1. The third kappa shape index (κ3) is 5.87. The number of hydrogen-bond donors (Lipinski definition) is 2. The summed E-state index contributed by atoms with van der Waals surface area (Å²) in [6.45, 7) is 2.34. The van der Waals surface area contributed by atoms with Crippen LogP contribution in [-0.2, 0) is 14.3 Å². The first-order valence-corrected chi connectivity index (χ1v) is 12.1. The van der Waals surface area contributed by atoms with Crippen LogP contribution < -0.4 is 15.5 Å². The number of carbonyl (C=O) groups is 4. The number of ether oxygens (including phenoxy) is 1. The molecule has 0 radical (unpaired) electrons. The van der Waals surface area contributed by atoms with Crippen molar-refractivity contribution in [2.45, 2.75) is 19.8 Å². The molecule has 3 amide bonds. The van der Waals surface area contributed by atoms with E-state index in [-0.39, 0.29) is 16.3 Å². The summed E-state index contributed by atoms with van der Waals surface area (Å²) >= 11 is 6.20. The molecule has 3 aromatic rings. The fourth-order valence-electron chi connectivity index (χ4n) is 3.63. The van der Waals surface area contributed by atoms with E-state index in [0.717, 1.165) is 17.7 Å². The molecule has 0 fully saturated rings. The van der Waals surface area contributed by atoms with Gasteiger partial charge in [-0.15, -0.1) is 0 Å². The van der Waals surface area contributed by atoms with Gasteiger partial charge in [0.2, 0.25) is 0 Å². The lowest BCUT2D eigenvalue weighted by Crippen LogP contribution is -2.32. The number of halogens is 1. The minimum Gasteiger partial charge on any atom is -0.462 e. The van der Waals surface area contributed by atoms with Crippen LogP contribution in [0.4, 0.5) is 17.1 Å². The molecule has 0 aromatic heterocycles. The minimum absolute atomic E-state index is 0.0811. The van der Waals surface area contributed by atoms with Crippen molar-refractivity contribution in [3.8, 4) is 0 Å². The number of anilines is 3. The van der Waals surface area contributed by atoms with Gasteiger partial charge in [0, 0.05) is 16.9 Å². The summed E-state index contributed by atoms with van der Waals surface area (Å²) in [6.07, 6.45) is 1.69. The molecule has 0 bridgehead atoms. The standard InChI is InChI=1S/C28H24ClN3O5/c1-2-3-15-37-28(36)19-10-8-12-21(17-19)31-25(33)18-9-7-11-20(16-18)30-24-23(29)26(34)32(27(24)35)22-13-5-4-6-14-22/h4-14,16-17,30H,2-3,15H2,1H3,(H,31,33). The molecule has 8 nitrogen and oxygen atoms in total. The molecule has 3 aromatic carbocycles. The normalized spacial score (nSPS) is 13.1.